The van der Waals surface area contributed by atoms with Crippen molar-refractivity contribution >= 4 is 38.4 Å². The normalized spacial score (nSPS) is 11.9. The summed E-state index contributed by atoms with van der Waals surface area (Å²) in [5.74, 6) is 0. The van der Waals surface area contributed by atoms with E-state index in [1.807, 2.05) is 0 Å². The predicted octanol–water partition coefficient (Wildman–Crippen LogP) is 5.27. The van der Waals surface area contributed by atoms with Crippen molar-refractivity contribution in [3.05, 3.63) is 45.7 Å². The van der Waals surface area contributed by atoms with Gasteiger partial charge in [0, 0.05) is 21.2 Å². The second kappa shape index (κ2) is 5.19. The molecule has 0 aliphatic carbocycles. The van der Waals surface area contributed by atoms with Crippen LogP contribution in [0.25, 0.3) is 10.1 Å². The van der Waals surface area contributed by atoms with E-state index in [-0.39, 0.29) is 5.41 Å². The molecule has 0 fully saturated rings. The van der Waals surface area contributed by atoms with Gasteiger partial charge in [0.2, 0.25) is 0 Å². The fraction of sp³-hybridized carbons (Fsp3) is 0.312. The molecule has 104 valence electrons. The molecule has 0 aliphatic heterocycles. The topological polar surface area (TPSA) is 24.9 Å². The molecule has 0 bridgehead atoms. The van der Waals surface area contributed by atoms with Gasteiger partial charge in [0.25, 0.3) is 0 Å². The molecule has 0 aliphatic rings. The van der Waals surface area contributed by atoms with Crippen molar-refractivity contribution in [2.24, 2.45) is 0 Å². The highest BCUT2D eigenvalue weighted by Crippen LogP contribution is 2.27. The van der Waals surface area contributed by atoms with Crippen LogP contribution in [0, 0.1) is 0 Å². The zero-order valence-electron chi connectivity index (χ0n) is 11.9. The summed E-state index contributed by atoms with van der Waals surface area (Å²) in [6, 6.07) is 8.66. The molecule has 20 heavy (non-hydrogen) atoms. The third-order valence-electron chi connectivity index (χ3n) is 3.12. The van der Waals surface area contributed by atoms with E-state index in [0.29, 0.717) is 0 Å². The van der Waals surface area contributed by atoms with Crippen molar-refractivity contribution < 1.29 is 0 Å². The Morgan fingerprint density at radius 2 is 2.00 bits per heavy atom. The monoisotopic (exact) mass is 302 g/mol. The van der Waals surface area contributed by atoms with Crippen molar-refractivity contribution in [1.82, 2.24) is 4.98 Å². The lowest BCUT2D eigenvalue weighted by molar-refractivity contribution is 0.583. The van der Waals surface area contributed by atoms with Gasteiger partial charge < -0.3 is 5.32 Å². The third kappa shape index (κ3) is 2.86. The number of nitrogens with one attached hydrogen (secondary N) is 1. The number of thiophene rings is 1. The van der Waals surface area contributed by atoms with E-state index in [2.05, 4.69) is 61.1 Å². The molecule has 2 aromatic heterocycles. The first kappa shape index (κ1) is 13.6. The molecule has 0 amide bonds. The van der Waals surface area contributed by atoms with Gasteiger partial charge in [-0.1, -0.05) is 20.8 Å². The SMILES string of the molecule is CC(C)(C)c1nc(CNc2ccc3sccc3c2)cs1. The van der Waals surface area contributed by atoms with Gasteiger partial charge in [-0.2, -0.15) is 0 Å². The van der Waals surface area contributed by atoms with Gasteiger partial charge in [-0.15, -0.1) is 22.7 Å². The number of hydrogen-bond donors (Lipinski definition) is 1. The van der Waals surface area contributed by atoms with E-state index >= 15 is 0 Å². The largest absolute Gasteiger partial charge is 0.379 e. The van der Waals surface area contributed by atoms with Crippen LogP contribution in [0.1, 0.15) is 31.5 Å². The summed E-state index contributed by atoms with van der Waals surface area (Å²) in [6.45, 7) is 7.39. The maximum atomic E-state index is 4.71. The molecule has 0 radical (unpaired) electrons. The second-order valence-corrected chi connectivity index (χ2v) is 7.73. The van der Waals surface area contributed by atoms with Gasteiger partial charge in [-0.25, -0.2) is 4.98 Å². The first-order valence-electron chi connectivity index (χ1n) is 6.68. The molecule has 3 aromatic rings. The summed E-state index contributed by atoms with van der Waals surface area (Å²) >= 11 is 3.52. The Balaban J connectivity index is 1.71. The summed E-state index contributed by atoms with van der Waals surface area (Å²) in [4.78, 5) is 4.71. The molecule has 2 nitrogen and oxygen atoms in total. The van der Waals surface area contributed by atoms with E-state index in [0.717, 1.165) is 17.9 Å². The second-order valence-electron chi connectivity index (χ2n) is 5.92. The van der Waals surface area contributed by atoms with Crippen LogP contribution in [-0.4, -0.2) is 4.98 Å². The summed E-state index contributed by atoms with van der Waals surface area (Å²) in [5.41, 5.74) is 2.41. The van der Waals surface area contributed by atoms with Crippen LogP contribution in [0.3, 0.4) is 0 Å². The fourth-order valence-corrected chi connectivity index (χ4v) is 3.68. The van der Waals surface area contributed by atoms with Crippen LogP contribution < -0.4 is 5.32 Å². The first-order valence-corrected chi connectivity index (χ1v) is 8.44. The number of nitrogens with zero attached hydrogens (tertiary/aromatic N) is 1. The Bertz CT molecular complexity index is 719. The van der Waals surface area contributed by atoms with Gasteiger partial charge in [-0.05, 0) is 35.0 Å². The average Bonchev–Trinajstić information content (AvgIpc) is 3.04. The van der Waals surface area contributed by atoms with Crippen molar-refractivity contribution in [2.45, 2.75) is 32.7 Å². The van der Waals surface area contributed by atoms with Crippen LogP contribution in [0.15, 0.2) is 35.0 Å². The number of hydrogen-bond acceptors (Lipinski definition) is 4. The first-order chi connectivity index (χ1) is 9.52. The highest BCUT2D eigenvalue weighted by molar-refractivity contribution is 7.17. The minimum Gasteiger partial charge on any atom is -0.379 e. The Morgan fingerprint density at radius 3 is 2.75 bits per heavy atom. The molecular weight excluding hydrogens is 284 g/mol. The number of anilines is 1. The zero-order valence-corrected chi connectivity index (χ0v) is 13.6. The Morgan fingerprint density at radius 1 is 1.15 bits per heavy atom. The van der Waals surface area contributed by atoms with Crippen LogP contribution in [0.2, 0.25) is 0 Å². The average molecular weight is 302 g/mol. The van der Waals surface area contributed by atoms with Crippen LogP contribution >= 0.6 is 22.7 Å². The lowest BCUT2D eigenvalue weighted by atomic mass is 9.98. The van der Waals surface area contributed by atoms with Crippen LogP contribution in [-0.2, 0) is 12.0 Å². The molecule has 1 aromatic carbocycles. The number of rotatable bonds is 3. The molecule has 0 atom stereocenters. The van der Waals surface area contributed by atoms with Crippen molar-refractivity contribution in [1.29, 1.82) is 0 Å². The number of thiazole rings is 1. The van der Waals surface area contributed by atoms with Gasteiger partial charge in [0.15, 0.2) is 0 Å². The minimum absolute atomic E-state index is 0.137. The third-order valence-corrected chi connectivity index (χ3v) is 5.33. The molecule has 2 heterocycles. The Kier molecular flexibility index (Phi) is 3.52. The summed E-state index contributed by atoms with van der Waals surface area (Å²) in [6.07, 6.45) is 0. The van der Waals surface area contributed by atoms with Crippen LogP contribution in [0.5, 0.6) is 0 Å². The summed E-state index contributed by atoms with van der Waals surface area (Å²) in [7, 11) is 0. The molecule has 4 heteroatoms. The summed E-state index contributed by atoms with van der Waals surface area (Å²) in [5, 5.41) is 10.2. The van der Waals surface area contributed by atoms with Crippen molar-refractivity contribution in [3.8, 4) is 0 Å². The Hall–Kier alpha value is -1.39. The Labute approximate surface area is 127 Å². The van der Waals surface area contributed by atoms with Crippen molar-refractivity contribution in [2.75, 3.05) is 5.32 Å². The number of aromatic nitrogens is 1. The molecule has 0 saturated carbocycles. The fourth-order valence-electron chi connectivity index (χ4n) is 2.00. The van der Waals surface area contributed by atoms with Gasteiger partial charge >= 0.3 is 0 Å². The van der Waals surface area contributed by atoms with Gasteiger partial charge in [0.05, 0.1) is 17.2 Å². The molecular formula is C16H18N2S2. The van der Waals surface area contributed by atoms with E-state index in [1.165, 1.54) is 15.1 Å². The standard InChI is InChI=1S/C16H18N2S2/c1-16(2,3)15-18-13(10-20-15)9-17-12-4-5-14-11(8-12)6-7-19-14/h4-8,10,17H,9H2,1-3H3. The van der Waals surface area contributed by atoms with E-state index < -0.39 is 0 Å². The maximum Gasteiger partial charge on any atom is 0.0982 e. The van der Waals surface area contributed by atoms with Gasteiger partial charge in [0.1, 0.15) is 0 Å². The molecule has 0 saturated heterocycles. The predicted molar refractivity (Wildman–Crippen MR) is 90.0 cm³/mol. The van der Waals surface area contributed by atoms with Crippen LogP contribution in [0.4, 0.5) is 5.69 Å². The highest BCUT2D eigenvalue weighted by atomic mass is 32.1. The molecule has 0 spiro atoms. The quantitative estimate of drug-likeness (QED) is 0.713. The molecule has 1 N–H and O–H groups in total. The van der Waals surface area contributed by atoms with Crippen molar-refractivity contribution in [3.63, 3.8) is 0 Å². The van der Waals surface area contributed by atoms with E-state index in [1.54, 1.807) is 22.7 Å². The zero-order chi connectivity index (χ0) is 14.2. The van der Waals surface area contributed by atoms with Gasteiger partial charge in [-0.3, -0.25) is 0 Å². The van der Waals surface area contributed by atoms with E-state index in [9.17, 15) is 0 Å². The number of fused-ring (bicyclic) bond motifs is 1. The lowest BCUT2D eigenvalue weighted by Gasteiger charge is -2.13. The smallest absolute Gasteiger partial charge is 0.0982 e. The lowest BCUT2D eigenvalue weighted by Crippen LogP contribution is -2.11. The summed E-state index contributed by atoms with van der Waals surface area (Å²) < 4.78 is 1.33. The molecule has 3 rings (SSSR count). The molecule has 0 unspecified atom stereocenters. The minimum atomic E-state index is 0.137. The maximum absolute atomic E-state index is 4.71. The number of benzene rings is 1. The highest BCUT2D eigenvalue weighted by Gasteiger charge is 2.17. The van der Waals surface area contributed by atoms with E-state index in [4.69, 9.17) is 4.98 Å².